The van der Waals surface area contributed by atoms with Crippen LogP contribution in [0.3, 0.4) is 0 Å². The van der Waals surface area contributed by atoms with Crippen LogP contribution in [-0.4, -0.2) is 42.5 Å². The van der Waals surface area contributed by atoms with Gasteiger partial charge in [0.25, 0.3) is 5.91 Å². The molecule has 0 radical (unpaired) electrons. The Balaban J connectivity index is 2.08. The van der Waals surface area contributed by atoms with Crippen LogP contribution >= 0.6 is 11.3 Å². The Hall–Kier alpha value is -1.40. The molecule has 1 fully saturated rings. The van der Waals surface area contributed by atoms with Gasteiger partial charge in [-0.3, -0.25) is 9.59 Å². The van der Waals surface area contributed by atoms with Crippen LogP contribution in [0.4, 0.5) is 0 Å². The fraction of sp³-hybridized carbons (Fsp3) is 0.600. The van der Waals surface area contributed by atoms with Gasteiger partial charge >= 0.3 is 0 Å². The normalized spacial score (nSPS) is 23.4. The molecule has 5 nitrogen and oxygen atoms in total. The predicted octanol–water partition coefficient (Wildman–Crippen LogP) is 2.12. The van der Waals surface area contributed by atoms with Crippen LogP contribution in [0.25, 0.3) is 0 Å². The van der Waals surface area contributed by atoms with E-state index >= 15 is 0 Å². The standard InChI is InChI=1S/C15H22N2O3S/c1-5-20-12-7-11(15(12,2)3)17(4)14(19)10-6-9(8-21-10)13(16)18/h6,8,11-12H,5,7H2,1-4H3,(H2,16,18)/t11-,12+/m1/s1. The maximum Gasteiger partial charge on any atom is 0.263 e. The van der Waals surface area contributed by atoms with Gasteiger partial charge in [0.1, 0.15) is 0 Å². The molecular weight excluding hydrogens is 288 g/mol. The van der Waals surface area contributed by atoms with Gasteiger partial charge in [0.2, 0.25) is 5.91 Å². The fourth-order valence-corrected chi connectivity index (χ4v) is 3.78. The highest BCUT2D eigenvalue weighted by Gasteiger charge is 2.51. The molecule has 1 saturated carbocycles. The van der Waals surface area contributed by atoms with Crippen molar-refractivity contribution in [1.82, 2.24) is 4.90 Å². The molecule has 2 N–H and O–H groups in total. The number of amides is 2. The van der Waals surface area contributed by atoms with Crippen LogP contribution in [0.2, 0.25) is 0 Å². The molecule has 0 bridgehead atoms. The van der Waals surface area contributed by atoms with Crippen LogP contribution in [0.1, 0.15) is 47.2 Å². The van der Waals surface area contributed by atoms with Gasteiger partial charge in [-0.2, -0.15) is 0 Å². The second-order valence-electron chi connectivity index (χ2n) is 6.00. The quantitative estimate of drug-likeness (QED) is 0.905. The maximum absolute atomic E-state index is 12.5. The summed E-state index contributed by atoms with van der Waals surface area (Å²) in [5.41, 5.74) is 5.54. The largest absolute Gasteiger partial charge is 0.378 e. The molecule has 0 spiro atoms. The van der Waals surface area contributed by atoms with Crippen molar-refractivity contribution in [2.75, 3.05) is 13.7 Å². The average Bonchev–Trinajstić information content (AvgIpc) is 2.91. The maximum atomic E-state index is 12.5. The first-order chi connectivity index (χ1) is 9.78. The van der Waals surface area contributed by atoms with Gasteiger partial charge in [0, 0.05) is 30.5 Å². The Bertz CT molecular complexity index is 553. The first-order valence-corrected chi connectivity index (χ1v) is 7.94. The molecule has 0 aromatic carbocycles. The van der Waals surface area contributed by atoms with Crippen molar-refractivity contribution in [3.8, 4) is 0 Å². The van der Waals surface area contributed by atoms with E-state index in [4.69, 9.17) is 10.5 Å². The summed E-state index contributed by atoms with van der Waals surface area (Å²) >= 11 is 1.25. The third-order valence-corrected chi connectivity index (χ3v) is 5.29. The minimum Gasteiger partial charge on any atom is -0.378 e. The first-order valence-electron chi connectivity index (χ1n) is 7.06. The van der Waals surface area contributed by atoms with E-state index in [-0.39, 0.29) is 23.5 Å². The van der Waals surface area contributed by atoms with Gasteiger partial charge in [-0.05, 0) is 19.4 Å². The molecular formula is C15H22N2O3S. The molecule has 0 unspecified atom stereocenters. The van der Waals surface area contributed by atoms with Crippen LogP contribution < -0.4 is 5.73 Å². The number of nitrogens with two attached hydrogens (primary N) is 1. The van der Waals surface area contributed by atoms with Crippen molar-refractivity contribution < 1.29 is 14.3 Å². The minimum atomic E-state index is -0.506. The molecule has 1 heterocycles. The number of primary amides is 1. The number of carbonyl (C=O) groups is 2. The highest BCUT2D eigenvalue weighted by Crippen LogP contribution is 2.45. The van der Waals surface area contributed by atoms with Gasteiger partial charge in [0.15, 0.2) is 0 Å². The van der Waals surface area contributed by atoms with Crippen LogP contribution in [0.5, 0.6) is 0 Å². The monoisotopic (exact) mass is 310 g/mol. The van der Waals surface area contributed by atoms with E-state index < -0.39 is 5.91 Å². The zero-order valence-electron chi connectivity index (χ0n) is 12.9. The summed E-state index contributed by atoms with van der Waals surface area (Å²) in [6.07, 6.45) is 1.03. The summed E-state index contributed by atoms with van der Waals surface area (Å²) in [5.74, 6) is -0.575. The summed E-state index contributed by atoms with van der Waals surface area (Å²) in [6.45, 7) is 6.91. The predicted molar refractivity (Wildman–Crippen MR) is 82.5 cm³/mol. The van der Waals surface area contributed by atoms with Crippen molar-refractivity contribution in [3.05, 3.63) is 21.9 Å². The highest BCUT2D eigenvalue weighted by atomic mass is 32.1. The Labute approximate surface area is 129 Å². The Morgan fingerprint density at radius 2 is 2.19 bits per heavy atom. The molecule has 2 rings (SSSR count). The van der Waals surface area contributed by atoms with E-state index in [1.807, 2.05) is 6.92 Å². The van der Waals surface area contributed by atoms with E-state index in [2.05, 4.69) is 13.8 Å². The number of nitrogens with zero attached hydrogens (tertiary/aromatic N) is 1. The Morgan fingerprint density at radius 3 is 2.67 bits per heavy atom. The zero-order valence-corrected chi connectivity index (χ0v) is 13.7. The molecule has 6 heteroatoms. The van der Waals surface area contributed by atoms with Crippen LogP contribution in [-0.2, 0) is 4.74 Å². The third-order valence-electron chi connectivity index (χ3n) is 4.38. The summed E-state index contributed by atoms with van der Waals surface area (Å²) in [5, 5.41) is 1.62. The molecule has 0 saturated heterocycles. The highest BCUT2D eigenvalue weighted by molar-refractivity contribution is 7.12. The number of ether oxygens (including phenoxy) is 1. The van der Waals surface area contributed by atoms with Gasteiger partial charge in [-0.25, -0.2) is 0 Å². The zero-order chi connectivity index (χ0) is 15.8. The molecule has 1 aromatic heterocycles. The molecule has 0 aliphatic heterocycles. The second kappa shape index (κ2) is 5.77. The van der Waals surface area contributed by atoms with Crippen LogP contribution in [0, 0.1) is 5.41 Å². The first kappa shape index (κ1) is 16.0. The lowest BCUT2D eigenvalue weighted by Crippen LogP contribution is -2.62. The van der Waals surface area contributed by atoms with Gasteiger partial charge in [-0.1, -0.05) is 13.8 Å². The molecule has 21 heavy (non-hydrogen) atoms. The smallest absolute Gasteiger partial charge is 0.263 e. The van der Waals surface area contributed by atoms with Crippen molar-refractivity contribution in [3.63, 3.8) is 0 Å². The second-order valence-corrected chi connectivity index (χ2v) is 6.91. The lowest BCUT2D eigenvalue weighted by atomic mass is 9.64. The summed E-state index contributed by atoms with van der Waals surface area (Å²) in [4.78, 5) is 25.9. The summed E-state index contributed by atoms with van der Waals surface area (Å²) < 4.78 is 5.70. The third kappa shape index (κ3) is 2.82. The Kier molecular flexibility index (Phi) is 4.39. The molecule has 2 atom stereocenters. The van der Waals surface area contributed by atoms with Crippen molar-refractivity contribution in [1.29, 1.82) is 0 Å². The molecule has 1 aromatic rings. The SMILES string of the molecule is CCO[C@H]1C[C@@H](N(C)C(=O)c2cc(C(N)=O)cs2)C1(C)C. The summed E-state index contributed by atoms with van der Waals surface area (Å²) in [6, 6.07) is 1.71. The molecule has 116 valence electrons. The van der Waals surface area contributed by atoms with Gasteiger partial charge in [0.05, 0.1) is 16.5 Å². The van der Waals surface area contributed by atoms with Gasteiger partial charge in [-0.15, -0.1) is 11.3 Å². The van der Waals surface area contributed by atoms with E-state index in [9.17, 15) is 9.59 Å². The number of hydrogen-bond acceptors (Lipinski definition) is 4. The number of hydrogen-bond donors (Lipinski definition) is 1. The van der Waals surface area contributed by atoms with E-state index in [1.165, 1.54) is 11.3 Å². The van der Waals surface area contributed by atoms with Crippen molar-refractivity contribution in [2.45, 2.75) is 39.3 Å². The topological polar surface area (TPSA) is 72.6 Å². The number of rotatable bonds is 5. The number of thiophene rings is 1. The molecule has 1 aliphatic carbocycles. The molecule has 1 aliphatic rings. The molecule has 2 amide bonds. The van der Waals surface area contributed by atoms with Crippen molar-refractivity contribution in [2.24, 2.45) is 11.1 Å². The lowest BCUT2D eigenvalue weighted by molar-refractivity contribution is -0.136. The number of carbonyl (C=O) groups excluding carboxylic acids is 2. The van der Waals surface area contributed by atoms with Gasteiger partial charge < -0.3 is 15.4 Å². The van der Waals surface area contributed by atoms with Crippen LogP contribution in [0.15, 0.2) is 11.4 Å². The Morgan fingerprint density at radius 1 is 1.52 bits per heavy atom. The van der Waals surface area contributed by atoms with E-state index in [0.717, 1.165) is 6.42 Å². The van der Waals surface area contributed by atoms with E-state index in [1.54, 1.807) is 23.4 Å². The van der Waals surface area contributed by atoms with Crippen molar-refractivity contribution >= 4 is 23.2 Å². The average molecular weight is 310 g/mol. The lowest BCUT2D eigenvalue weighted by Gasteiger charge is -2.54. The minimum absolute atomic E-state index is 0.0653. The van der Waals surface area contributed by atoms with E-state index in [0.29, 0.717) is 17.0 Å². The fourth-order valence-electron chi connectivity index (χ4n) is 2.90. The summed E-state index contributed by atoms with van der Waals surface area (Å²) in [7, 11) is 1.81.